The lowest BCUT2D eigenvalue weighted by Gasteiger charge is -2.13. The molecule has 3 aromatic rings. The van der Waals surface area contributed by atoms with Crippen LogP contribution < -0.4 is 10.1 Å². The van der Waals surface area contributed by atoms with Gasteiger partial charge >= 0.3 is 6.18 Å². The highest BCUT2D eigenvalue weighted by Crippen LogP contribution is 2.35. The number of para-hydroxylation sites is 1. The van der Waals surface area contributed by atoms with Gasteiger partial charge < -0.3 is 10.1 Å². The summed E-state index contributed by atoms with van der Waals surface area (Å²) in [6, 6.07) is 11.6. The molecule has 0 bridgehead atoms. The van der Waals surface area contributed by atoms with Crippen LogP contribution in [0, 0.1) is 0 Å². The average Bonchev–Trinajstić information content (AvgIpc) is 2.60. The molecule has 3 rings (SSSR count). The SMILES string of the molecule is O=C(COc1ccc(Cl)cc1)Nc1ccnc2c(C(F)(F)F)cccc12. The van der Waals surface area contributed by atoms with Gasteiger partial charge in [0.15, 0.2) is 6.61 Å². The van der Waals surface area contributed by atoms with Gasteiger partial charge in [-0.1, -0.05) is 23.7 Å². The van der Waals surface area contributed by atoms with E-state index in [-0.39, 0.29) is 23.2 Å². The van der Waals surface area contributed by atoms with Crippen molar-refractivity contribution in [3.8, 4) is 5.75 Å². The Morgan fingerprint density at radius 2 is 1.85 bits per heavy atom. The van der Waals surface area contributed by atoms with Gasteiger partial charge in [0.2, 0.25) is 0 Å². The summed E-state index contributed by atoms with van der Waals surface area (Å²) in [6.45, 7) is -0.301. The van der Waals surface area contributed by atoms with Gasteiger partial charge in [-0.2, -0.15) is 13.2 Å². The number of halogens is 4. The van der Waals surface area contributed by atoms with Gasteiger partial charge in [-0.15, -0.1) is 0 Å². The van der Waals surface area contributed by atoms with Crippen LogP contribution in [0.1, 0.15) is 5.56 Å². The van der Waals surface area contributed by atoms with E-state index < -0.39 is 17.6 Å². The number of anilines is 1. The third kappa shape index (κ3) is 4.05. The maximum atomic E-state index is 13.1. The molecule has 0 fully saturated rings. The molecule has 1 N–H and O–H groups in total. The molecule has 26 heavy (non-hydrogen) atoms. The number of nitrogens with one attached hydrogen (secondary N) is 1. The molecule has 0 atom stereocenters. The molecule has 134 valence electrons. The van der Waals surface area contributed by atoms with Crippen molar-refractivity contribution in [2.75, 3.05) is 11.9 Å². The Bertz CT molecular complexity index is 943. The van der Waals surface area contributed by atoms with Crippen LogP contribution in [-0.4, -0.2) is 17.5 Å². The van der Waals surface area contributed by atoms with Gasteiger partial charge in [0.05, 0.1) is 16.8 Å². The van der Waals surface area contributed by atoms with E-state index in [1.165, 1.54) is 24.4 Å². The summed E-state index contributed by atoms with van der Waals surface area (Å²) in [5.41, 5.74) is -0.856. The minimum Gasteiger partial charge on any atom is -0.484 e. The molecule has 1 amide bonds. The Morgan fingerprint density at radius 3 is 2.54 bits per heavy atom. The summed E-state index contributed by atoms with van der Waals surface area (Å²) in [5, 5.41) is 3.28. The Labute approximate surface area is 151 Å². The molecule has 0 unspecified atom stereocenters. The summed E-state index contributed by atoms with van der Waals surface area (Å²) < 4.78 is 44.6. The van der Waals surface area contributed by atoms with E-state index in [9.17, 15) is 18.0 Å². The lowest BCUT2D eigenvalue weighted by Crippen LogP contribution is -2.20. The predicted molar refractivity (Wildman–Crippen MR) is 92.3 cm³/mol. The van der Waals surface area contributed by atoms with E-state index in [1.807, 2.05) is 0 Å². The average molecular weight is 381 g/mol. The van der Waals surface area contributed by atoms with E-state index in [0.717, 1.165) is 6.07 Å². The number of rotatable bonds is 4. The van der Waals surface area contributed by atoms with Crippen molar-refractivity contribution in [3.63, 3.8) is 0 Å². The fourth-order valence-corrected chi connectivity index (χ4v) is 2.51. The number of amides is 1. The van der Waals surface area contributed by atoms with Crippen molar-refractivity contribution in [2.24, 2.45) is 0 Å². The summed E-state index contributed by atoms with van der Waals surface area (Å²) in [7, 11) is 0. The largest absolute Gasteiger partial charge is 0.484 e. The van der Waals surface area contributed by atoms with Crippen LogP contribution in [0.15, 0.2) is 54.7 Å². The predicted octanol–water partition coefficient (Wildman–Crippen LogP) is 4.92. The van der Waals surface area contributed by atoms with E-state index in [2.05, 4.69) is 10.3 Å². The number of fused-ring (bicyclic) bond motifs is 1. The highest BCUT2D eigenvalue weighted by Gasteiger charge is 2.33. The molecule has 8 heteroatoms. The first-order valence-electron chi connectivity index (χ1n) is 7.48. The zero-order valence-electron chi connectivity index (χ0n) is 13.2. The quantitative estimate of drug-likeness (QED) is 0.698. The topological polar surface area (TPSA) is 51.2 Å². The maximum absolute atomic E-state index is 13.1. The third-order valence-electron chi connectivity index (χ3n) is 3.53. The second-order valence-electron chi connectivity index (χ2n) is 5.35. The molecule has 1 aromatic heterocycles. The van der Waals surface area contributed by atoms with E-state index in [0.29, 0.717) is 10.8 Å². The van der Waals surface area contributed by atoms with Crippen molar-refractivity contribution in [1.29, 1.82) is 0 Å². The van der Waals surface area contributed by atoms with Gasteiger partial charge in [0.1, 0.15) is 5.75 Å². The first-order valence-corrected chi connectivity index (χ1v) is 7.85. The van der Waals surface area contributed by atoms with Gasteiger partial charge in [-0.3, -0.25) is 9.78 Å². The Hall–Kier alpha value is -2.80. The second-order valence-corrected chi connectivity index (χ2v) is 5.79. The lowest BCUT2D eigenvalue weighted by molar-refractivity contribution is -0.136. The summed E-state index contributed by atoms with van der Waals surface area (Å²) >= 11 is 5.76. The smallest absolute Gasteiger partial charge is 0.418 e. The molecule has 0 spiro atoms. The number of alkyl halides is 3. The van der Waals surface area contributed by atoms with Gasteiger partial charge in [0, 0.05) is 16.6 Å². The molecule has 2 aromatic carbocycles. The Kier molecular flexibility index (Phi) is 4.99. The minimum absolute atomic E-state index is 0.196. The van der Waals surface area contributed by atoms with Crippen molar-refractivity contribution in [2.45, 2.75) is 6.18 Å². The van der Waals surface area contributed by atoms with Crippen LogP contribution in [0.4, 0.5) is 18.9 Å². The van der Waals surface area contributed by atoms with Crippen molar-refractivity contribution in [1.82, 2.24) is 4.98 Å². The van der Waals surface area contributed by atoms with Crippen LogP contribution in [-0.2, 0) is 11.0 Å². The maximum Gasteiger partial charge on any atom is 0.418 e. The fraction of sp³-hybridized carbons (Fsp3) is 0.111. The zero-order valence-corrected chi connectivity index (χ0v) is 13.9. The van der Waals surface area contributed by atoms with Crippen molar-refractivity contribution >= 4 is 34.1 Å². The number of benzene rings is 2. The molecule has 0 saturated heterocycles. The summed E-state index contributed by atoms with van der Waals surface area (Å²) in [6.07, 6.45) is -3.32. The first-order chi connectivity index (χ1) is 12.3. The van der Waals surface area contributed by atoms with Crippen LogP contribution in [0.25, 0.3) is 10.9 Å². The normalized spacial score (nSPS) is 11.4. The molecule has 0 aliphatic rings. The highest BCUT2D eigenvalue weighted by molar-refractivity contribution is 6.30. The van der Waals surface area contributed by atoms with Crippen molar-refractivity contribution in [3.05, 3.63) is 65.3 Å². The molecular weight excluding hydrogens is 369 g/mol. The number of carbonyl (C=O) groups is 1. The van der Waals surface area contributed by atoms with E-state index in [1.54, 1.807) is 24.3 Å². The number of hydrogen-bond donors (Lipinski definition) is 1. The van der Waals surface area contributed by atoms with E-state index in [4.69, 9.17) is 16.3 Å². The van der Waals surface area contributed by atoms with Gasteiger partial charge in [0.25, 0.3) is 5.91 Å². The van der Waals surface area contributed by atoms with Crippen LogP contribution >= 0.6 is 11.6 Å². The minimum atomic E-state index is -4.53. The molecule has 0 saturated carbocycles. The number of ether oxygens (including phenoxy) is 1. The first kappa shape index (κ1) is 18.0. The van der Waals surface area contributed by atoms with Crippen LogP contribution in [0.5, 0.6) is 5.75 Å². The highest BCUT2D eigenvalue weighted by atomic mass is 35.5. The molecular formula is C18H12ClF3N2O2. The Morgan fingerprint density at radius 1 is 1.12 bits per heavy atom. The van der Waals surface area contributed by atoms with Crippen LogP contribution in [0.2, 0.25) is 5.02 Å². The second kappa shape index (κ2) is 7.21. The third-order valence-corrected chi connectivity index (χ3v) is 3.79. The monoisotopic (exact) mass is 380 g/mol. The van der Waals surface area contributed by atoms with E-state index >= 15 is 0 Å². The number of aromatic nitrogens is 1. The fourth-order valence-electron chi connectivity index (χ4n) is 2.38. The summed E-state index contributed by atoms with van der Waals surface area (Å²) in [5.74, 6) is -0.0617. The van der Waals surface area contributed by atoms with Gasteiger partial charge in [-0.05, 0) is 36.4 Å². The Balaban J connectivity index is 1.78. The molecule has 1 heterocycles. The standard InChI is InChI=1S/C18H12ClF3N2O2/c19-11-4-6-12(7-5-11)26-10-16(25)24-15-8-9-23-17-13(15)2-1-3-14(17)18(20,21)22/h1-9H,10H2,(H,23,24,25). The number of pyridine rings is 1. The van der Waals surface area contributed by atoms with Gasteiger partial charge in [-0.25, -0.2) is 0 Å². The molecule has 0 aliphatic carbocycles. The molecule has 0 radical (unpaired) electrons. The number of hydrogen-bond acceptors (Lipinski definition) is 3. The molecule has 4 nitrogen and oxygen atoms in total. The number of nitrogens with zero attached hydrogens (tertiary/aromatic N) is 1. The zero-order chi connectivity index (χ0) is 18.7. The number of carbonyl (C=O) groups excluding carboxylic acids is 1. The lowest BCUT2D eigenvalue weighted by atomic mass is 10.1. The molecule has 0 aliphatic heterocycles. The van der Waals surface area contributed by atoms with Crippen LogP contribution in [0.3, 0.4) is 0 Å². The summed E-state index contributed by atoms with van der Waals surface area (Å²) in [4.78, 5) is 15.9. The van der Waals surface area contributed by atoms with Crippen molar-refractivity contribution < 1.29 is 22.7 Å².